The Labute approximate surface area is 177 Å². The first-order chi connectivity index (χ1) is 14.5. The lowest BCUT2D eigenvalue weighted by Crippen LogP contribution is -2.50. The van der Waals surface area contributed by atoms with Crippen molar-refractivity contribution in [1.29, 1.82) is 0 Å². The monoisotopic (exact) mass is 436 g/mol. The average Bonchev–Trinajstić information content (AvgIpc) is 2.71. The largest absolute Gasteiger partial charge is 0.405 e. The van der Waals surface area contributed by atoms with Crippen molar-refractivity contribution in [3.8, 4) is 0 Å². The van der Waals surface area contributed by atoms with Crippen molar-refractivity contribution in [3.05, 3.63) is 71.3 Å². The number of carbonyl (C=O) groups excluding carboxylic acids is 3. The Morgan fingerprint density at radius 3 is 2.16 bits per heavy atom. The molecule has 0 spiro atoms. The number of amides is 4. The van der Waals surface area contributed by atoms with Crippen molar-refractivity contribution in [2.75, 3.05) is 13.6 Å². The van der Waals surface area contributed by atoms with Crippen molar-refractivity contribution in [2.45, 2.75) is 25.2 Å². The van der Waals surface area contributed by atoms with E-state index >= 15 is 0 Å². The fourth-order valence-electron chi connectivity index (χ4n) is 2.88. The van der Waals surface area contributed by atoms with E-state index in [2.05, 4.69) is 5.32 Å². The zero-order valence-electron chi connectivity index (χ0n) is 16.8. The number of alkyl halides is 3. The van der Waals surface area contributed by atoms with Crippen LogP contribution >= 0.6 is 0 Å². The first-order valence-corrected chi connectivity index (χ1v) is 9.34. The van der Waals surface area contributed by atoms with Gasteiger partial charge in [0.25, 0.3) is 5.91 Å². The maximum absolute atomic E-state index is 12.8. The smallest absolute Gasteiger partial charge is 0.352 e. The van der Waals surface area contributed by atoms with E-state index in [0.29, 0.717) is 5.56 Å². The number of primary amides is 1. The third-order valence-corrected chi connectivity index (χ3v) is 4.36. The molecule has 0 saturated heterocycles. The van der Waals surface area contributed by atoms with E-state index in [0.717, 1.165) is 5.56 Å². The Balaban J connectivity index is 2.01. The molecule has 0 heterocycles. The van der Waals surface area contributed by atoms with Gasteiger partial charge in [0.05, 0.1) is 0 Å². The summed E-state index contributed by atoms with van der Waals surface area (Å²) in [7, 11) is 1.55. The number of urea groups is 1. The molecule has 10 heteroatoms. The summed E-state index contributed by atoms with van der Waals surface area (Å²) in [6.07, 6.45) is -4.24. The normalized spacial score (nSPS) is 12.0. The van der Waals surface area contributed by atoms with Crippen molar-refractivity contribution < 1.29 is 27.6 Å². The van der Waals surface area contributed by atoms with Crippen molar-refractivity contribution in [3.63, 3.8) is 0 Å². The first kappa shape index (κ1) is 23.7. The second-order valence-corrected chi connectivity index (χ2v) is 6.94. The second kappa shape index (κ2) is 10.5. The molecule has 0 aromatic heterocycles. The van der Waals surface area contributed by atoms with Crippen LogP contribution in [-0.2, 0) is 17.8 Å². The summed E-state index contributed by atoms with van der Waals surface area (Å²) < 4.78 is 36.6. The molecule has 0 bridgehead atoms. The molecule has 0 radical (unpaired) electrons. The Kier molecular flexibility index (Phi) is 8.00. The third-order valence-electron chi connectivity index (χ3n) is 4.36. The highest BCUT2D eigenvalue weighted by molar-refractivity contribution is 5.94. The van der Waals surface area contributed by atoms with Crippen LogP contribution in [0, 0.1) is 0 Å². The van der Waals surface area contributed by atoms with Crippen molar-refractivity contribution >= 4 is 17.8 Å². The molecule has 7 nitrogen and oxygen atoms in total. The van der Waals surface area contributed by atoms with Gasteiger partial charge in [0.1, 0.15) is 12.6 Å². The van der Waals surface area contributed by atoms with Crippen LogP contribution in [0.1, 0.15) is 21.5 Å². The summed E-state index contributed by atoms with van der Waals surface area (Å²) in [5.41, 5.74) is 6.77. The molecular weight excluding hydrogens is 413 g/mol. The Morgan fingerprint density at radius 1 is 1.00 bits per heavy atom. The number of nitrogens with zero attached hydrogens (tertiary/aromatic N) is 1. The molecular formula is C21H23F3N4O3. The van der Waals surface area contributed by atoms with Crippen LogP contribution in [0.15, 0.2) is 54.6 Å². The number of hydrogen-bond acceptors (Lipinski definition) is 3. The number of halogens is 3. The third kappa shape index (κ3) is 8.00. The van der Waals surface area contributed by atoms with Crippen LogP contribution in [0.25, 0.3) is 0 Å². The lowest BCUT2D eigenvalue weighted by atomic mass is 10.0. The highest BCUT2D eigenvalue weighted by atomic mass is 19.4. The second-order valence-electron chi connectivity index (χ2n) is 6.94. The van der Waals surface area contributed by atoms with Gasteiger partial charge in [0.2, 0.25) is 5.91 Å². The zero-order valence-corrected chi connectivity index (χ0v) is 16.8. The number of hydrogen-bond donors (Lipinski definition) is 3. The molecule has 1 atom stereocenters. The van der Waals surface area contributed by atoms with Crippen molar-refractivity contribution in [2.24, 2.45) is 5.73 Å². The molecule has 0 fully saturated rings. The molecule has 4 amide bonds. The van der Waals surface area contributed by atoms with Gasteiger partial charge in [-0.1, -0.05) is 42.5 Å². The van der Waals surface area contributed by atoms with E-state index < -0.39 is 30.7 Å². The number of carbonyl (C=O) groups is 3. The van der Waals surface area contributed by atoms with Gasteiger partial charge >= 0.3 is 12.2 Å². The van der Waals surface area contributed by atoms with Crippen LogP contribution in [0.5, 0.6) is 0 Å². The van der Waals surface area contributed by atoms with Crippen LogP contribution in [-0.4, -0.2) is 48.6 Å². The van der Waals surface area contributed by atoms with Crippen LogP contribution in [0.2, 0.25) is 0 Å². The fraction of sp³-hybridized carbons (Fsp3) is 0.286. The number of likely N-dealkylation sites (N-methyl/N-ethyl adjacent to an activating group) is 1. The van der Waals surface area contributed by atoms with E-state index in [1.165, 1.54) is 17.0 Å². The van der Waals surface area contributed by atoms with Gasteiger partial charge in [-0.15, -0.1) is 0 Å². The summed E-state index contributed by atoms with van der Waals surface area (Å²) in [6, 6.07) is 13.3. The standard InChI is InChI=1S/C21H23F3N4O3/c1-28(19(30)17(27-20(25)31)11-14-5-3-2-4-6-14)12-15-7-9-16(10-8-15)18(29)26-13-21(22,23)24/h2-10,17H,11-13H2,1H3,(H,26,29)(H3,25,27,31)/t17-/m1/s1. The number of nitrogens with two attached hydrogens (primary N) is 1. The van der Waals surface area contributed by atoms with Gasteiger partial charge in [-0.25, -0.2) is 4.79 Å². The van der Waals surface area contributed by atoms with Crippen LogP contribution in [0.3, 0.4) is 0 Å². The van der Waals surface area contributed by atoms with Gasteiger partial charge in [-0.05, 0) is 23.3 Å². The van der Waals surface area contributed by atoms with Gasteiger partial charge in [-0.2, -0.15) is 13.2 Å². The summed E-state index contributed by atoms with van der Waals surface area (Å²) >= 11 is 0. The van der Waals surface area contributed by atoms with Gasteiger partial charge in [0.15, 0.2) is 0 Å². The maximum atomic E-state index is 12.8. The Hall–Kier alpha value is -3.56. The molecule has 2 rings (SSSR count). The lowest BCUT2D eigenvalue weighted by molar-refractivity contribution is -0.132. The minimum absolute atomic E-state index is 0.0688. The number of benzene rings is 2. The number of rotatable bonds is 8. The predicted molar refractivity (Wildman–Crippen MR) is 108 cm³/mol. The van der Waals surface area contributed by atoms with Gasteiger partial charge < -0.3 is 21.3 Å². The van der Waals surface area contributed by atoms with Crippen LogP contribution < -0.4 is 16.4 Å². The molecule has 0 aliphatic carbocycles. The van der Waals surface area contributed by atoms with E-state index in [1.807, 2.05) is 30.3 Å². The minimum atomic E-state index is -4.49. The first-order valence-electron chi connectivity index (χ1n) is 9.34. The van der Waals surface area contributed by atoms with Crippen molar-refractivity contribution in [1.82, 2.24) is 15.5 Å². The summed E-state index contributed by atoms with van der Waals surface area (Å²) in [5.74, 6) is -1.21. The minimum Gasteiger partial charge on any atom is -0.352 e. The quantitative estimate of drug-likeness (QED) is 0.591. The molecule has 166 valence electrons. The highest BCUT2D eigenvalue weighted by Gasteiger charge is 2.28. The van der Waals surface area contributed by atoms with Gasteiger partial charge in [-0.3, -0.25) is 9.59 Å². The molecule has 0 unspecified atom stereocenters. The lowest BCUT2D eigenvalue weighted by Gasteiger charge is -2.24. The molecule has 0 aliphatic heterocycles. The molecule has 0 saturated carbocycles. The maximum Gasteiger partial charge on any atom is 0.405 e. The summed E-state index contributed by atoms with van der Waals surface area (Å²) in [4.78, 5) is 37.3. The van der Waals surface area contributed by atoms with E-state index in [-0.39, 0.29) is 24.4 Å². The predicted octanol–water partition coefficient (Wildman–Crippen LogP) is 2.22. The SMILES string of the molecule is CN(Cc1ccc(C(=O)NCC(F)(F)F)cc1)C(=O)[C@@H](Cc1ccccc1)NC(N)=O. The fourth-order valence-corrected chi connectivity index (χ4v) is 2.88. The Morgan fingerprint density at radius 2 is 1.61 bits per heavy atom. The highest BCUT2D eigenvalue weighted by Crippen LogP contribution is 2.14. The topological polar surface area (TPSA) is 105 Å². The van der Waals surface area contributed by atoms with E-state index in [1.54, 1.807) is 24.5 Å². The molecule has 4 N–H and O–H groups in total. The number of nitrogens with one attached hydrogen (secondary N) is 2. The van der Waals surface area contributed by atoms with Gasteiger partial charge in [0, 0.05) is 25.6 Å². The molecule has 2 aromatic rings. The van der Waals surface area contributed by atoms with Crippen LogP contribution in [0.4, 0.5) is 18.0 Å². The Bertz CT molecular complexity index is 902. The summed E-state index contributed by atoms with van der Waals surface area (Å²) in [5, 5.41) is 4.24. The molecule has 31 heavy (non-hydrogen) atoms. The average molecular weight is 436 g/mol. The van der Waals surface area contributed by atoms with E-state index in [4.69, 9.17) is 5.73 Å². The molecule has 2 aromatic carbocycles. The molecule has 0 aliphatic rings. The van der Waals surface area contributed by atoms with E-state index in [9.17, 15) is 27.6 Å². The summed E-state index contributed by atoms with van der Waals surface area (Å²) in [6.45, 7) is -1.25. The zero-order chi connectivity index (χ0) is 23.0.